The molecule has 0 aliphatic carbocycles. The van der Waals surface area contributed by atoms with E-state index in [0.29, 0.717) is 6.61 Å². The summed E-state index contributed by atoms with van der Waals surface area (Å²) in [5.41, 5.74) is 1.32. The number of aryl methyl sites for hydroxylation is 2. The second kappa shape index (κ2) is 7.46. The fourth-order valence-corrected chi connectivity index (χ4v) is 2.17. The molecule has 0 bridgehead atoms. The van der Waals surface area contributed by atoms with E-state index in [1.54, 1.807) is 6.92 Å². The van der Waals surface area contributed by atoms with Crippen LogP contribution >= 0.6 is 0 Å². The second-order valence-corrected chi connectivity index (χ2v) is 5.91. The highest BCUT2D eigenvalue weighted by Gasteiger charge is 2.36. The maximum Gasteiger partial charge on any atom is 0.329 e. The zero-order chi connectivity index (χ0) is 16.0. The van der Waals surface area contributed by atoms with E-state index in [2.05, 4.69) is 5.32 Å². The molecule has 0 amide bonds. The van der Waals surface area contributed by atoms with E-state index in [1.807, 2.05) is 52.8 Å². The molecule has 0 saturated heterocycles. The quantitative estimate of drug-likeness (QED) is 0.785. The van der Waals surface area contributed by atoms with E-state index in [1.165, 1.54) is 0 Å². The molecule has 1 atom stereocenters. The lowest BCUT2D eigenvalue weighted by Crippen LogP contribution is -2.57. The minimum Gasteiger partial charge on any atom is -0.491 e. The van der Waals surface area contributed by atoms with E-state index in [9.17, 15) is 4.79 Å². The average molecular weight is 293 g/mol. The predicted octanol–water partition coefficient (Wildman–Crippen LogP) is 3.00. The third-order valence-corrected chi connectivity index (χ3v) is 3.19. The van der Waals surface area contributed by atoms with Crippen molar-refractivity contribution in [3.8, 4) is 5.75 Å². The first-order valence-electron chi connectivity index (χ1n) is 7.43. The first-order chi connectivity index (χ1) is 9.78. The summed E-state index contributed by atoms with van der Waals surface area (Å²) in [7, 11) is 0. The first kappa shape index (κ1) is 17.5. The van der Waals surface area contributed by atoms with Crippen LogP contribution in [0.2, 0.25) is 0 Å². The van der Waals surface area contributed by atoms with Gasteiger partial charge in [0.05, 0.1) is 6.61 Å². The molecule has 0 spiro atoms. The normalized spacial score (nSPS) is 13.9. The van der Waals surface area contributed by atoms with E-state index >= 15 is 0 Å². The van der Waals surface area contributed by atoms with Crippen LogP contribution in [0.1, 0.15) is 38.8 Å². The Balaban J connectivity index is 2.86. The van der Waals surface area contributed by atoms with Crippen LogP contribution in [0, 0.1) is 13.8 Å². The van der Waals surface area contributed by atoms with Gasteiger partial charge in [-0.3, -0.25) is 5.32 Å². The fraction of sp³-hybridized carbons (Fsp3) is 0.588. The van der Waals surface area contributed by atoms with Gasteiger partial charge in [-0.2, -0.15) is 0 Å². The predicted molar refractivity (Wildman–Crippen MR) is 84.7 cm³/mol. The molecule has 0 fully saturated rings. The zero-order valence-corrected chi connectivity index (χ0v) is 13.9. The van der Waals surface area contributed by atoms with Crippen LogP contribution in [0.5, 0.6) is 5.75 Å². The van der Waals surface area contributed by atoms with Crippen LogP contribution in [0.25, 0.3) is 0 Å². The molecule has 21 heavy (non-hydrogen) atoms. The molecule has 118 valence electrons. The van der Waals surface area contributed by atoms with Crippen molar-refractivity contribution < 1.29 is 14.3 Å². The molecule has 1 unspecified atom stereocenters. The number of hydrogen-bond donors (Lipinski definition) is 1. The van der Waals surface area contributed by atoms with Gasteiger partial charge < -0.3 is 9.47 Å². The molecule has 0 saturated carbocycles. The highest BCUT2D eigenvalue weighted by Crippen LogP contribution is 2.21. The number of nitrogens with one attached hydrogen (secondary N) is 1. The van der Waals surface area contributed by atoms with Gasteiger partial charge in [0.15, 0.2) is 0 Å². The molecule has 1 aromatic rings. The minimum atomic E-state index is -0.861. The lowest BCUT2D eigenvalue weighted by atomic mass is 10.0. The average Bonchev–Trinajstić information content (AvgIpc) is 2.39. The Morgan fingerprint density at radius 1 is 1.33 bits per heavy atom. The Bertz CT molecular complexity index is 485. The largest absolute Gasteiger partial charge is 0.491 e. The number of benzene rings is 1. The van der Waals surface area contributed by atoms with Gasteiger partial charge in [0, 0.05) is 6.04 Å². The lowest BCUT2D eigenvalue weighted by Gasteiger charge is -2.30. The van der Waals surface area contributed by atoms with E-state index < -0.39 is 5.54 Å². The standard InChI is InChI=1S/C17H27NO3/c1-7-20-16(19)17(6,18-12(2)3)11-21-15-10-13(4)8-9-14(15)5/h8-10,12,18H,7,11H2,1-6H3. The number of hydrogen-bond acceptors (Lipinski definition) is 4. The maximum atomic E-state index is 12.2. The van der Waals surface area contributed by atoms with Gasteiger partial charge in [0.1, 0.15) is 17.9 Å². The Hall–Kier alpha value is -1.55. The summed E-state index contributed by atoms with van der Waals surface area (Å²) in [6.07, 6.45) is 0. The summed E-state index contributed by atoms with van der Waals surface area (Å²) in [5.74, 6) is 0.514. The van der Waals surface area contributed by atoms with E-state index in [-0.39, 0.29) is 18.6 Å². The summed E-state index contributed by atoms with van der Waals surface area (Å²) >= 11 is 0. The maximum absolute atomic E-state index is 12.2. The van der Waals surface area contributed by atoms with Gasteiger partial charge in [-0.15, -0.1) is 0 Å². The number of esters is 1. The number of carbonyl (C=O) groups excluding carboxylic acids is 1. The van der Waals surface area contributed by atoms with Crippen molar-refractivity contribution in [3.63, 3.8) is 0 Å². The molecule has 0 aromatic heterocycles. The SMILES string of the molecule is CCOC(=O)C(C)(COc1cc(C)ccc1C)NC(C)C. The first-order valence-corrected chi connectivity index (χ1v) is 7.43. The van der Waals surface area contributed by atoms with Crippen molar-refractivity contribution in [2.24, 2.45) is 0 Å². The van der Waals surface area contributed by atoms with Gasteiger partial charge in [-0.05, 0) is 58.7 Å². The third kappa shape index (κ3) is 5.05. The molecule has 0 aliphatic rings. The second-order valence-electron chi connectivity index (χ2n) is 5.91. The van der Waals surface area contributed by atoms with Crippen LogP contribution in [0.3, 0.4) is 0 Å². The molecule has 0 aliphatic heterocycles. The number of rotatable bonds is 7. The summed E-state index contributed by atoms with van der Waals surface area (Å²) in [4.78, 5) is 12.2. The van der Waals surface area contributed by atoms with Crippen molar-refractivity contribution in [1.82, 2.24) is 5.32 Å². The minimum absolute atomic E-state index is 0.154. The lowest BCUT2D eigenvalue weighted by molar-refractivity contribution is -0.152. The van der Waals surface area contributed by atoms with Crippen LogP contribution in [0.15, 0.2) is 18.2 Å². The number of ether oxygens (including phenoxy) is 2. The van der Waals surface area contributed by atoms with Gasteiger partial charge in [-0.25, -0.2) is 4.79 Å². The van der Waals surface area contributed by atoms with Crippen LogP contribution in [-0.4, -0.2) is 30.8 Å². The zero-order valence-electron chi connectivity index (χ0n) is 13.9. The van der Waals surface area contributed by atoms with Gasteiger partial charge in [0.25, 0.3) is 0 Å². The Morgan fingerprint density at radius 2 is 2.00 bits per heavy atom. The Labute approximate surface area is 127 Å². The van der Waals surface area contributed by atoms with Crippen molar-refractivity contribution >= 4 is 5.97 Å². The molecule has 4 heteroatoms. The van der Waals surface area contributed by atoms with Crippen LogP contribution in [-0.2, 0) is 9.53 Å². The number of carbonyl (C=O) groups is 1. The third-order valence-electron chi connectivity index (χ3n) is 3.19. The fourth-order valence-electron chi connectivity index (χ4n) is 2.17. The molecule has 1 N–H and O–H groups in total. The summed E-state index contributed by atoms with van der Waals surface area (Å²) in [6.45, 7) is 12.2. The van der Waals surface area contributed by atoms with Crippen LogP contribution in [0.4, 0.5) is 0 Å². The highest BCUT2D eigenvalue weighted by atomic mass is 16.5. The van der Waals surface area contributed by atoms with Crippen molar-refractivity contribution in [2.45, 2.75) is 53.1 Å². The van der Waals surface area contributed by atoms with Crippen molar-refractivity contribution in [1.29, 1.82) is 0 Å². The van der Waals surface area contributed by atoms with Crippen molar-refractivity contribution in [2.75, 3.05) is 13.2 Å². The van der Waals surface area contributed by atoms with Crippen LogP contribution < -0.4 is 10.1 Å². The Kier molecular flexibility index (Phi) is 6.21. The van der Waals surface area contributed by atoms with E-state index in [4.69, 9.17) is 9.47 Å². The Morgan fingerprint density at radius 3 is 2.57 bits per heavy atom. The smallest absolute Gasteiger partial charge is 0.329 e. The van der Waals surface area contributed by atoms with Gasteiger partial charge in [-0.1, -0.05) is 12.1 Å². The van der Waals surface area contributed by atoms with Gasteiger partial charge in [0.2, 0.25) is 0 Å². The molecule has 1 rings (SSSR count). The topological polar surface area (TPSA) is 47.6 Å². The highest BCUT2D eigenvalue weighted by molar-refractivity contribution is 5.80. The molecule has 1 aromatic carbocycles. The molecular weight excluding hydrogens is 266 g/mol. The summed E-state index contributed by atoms with van der Waals surface area (Å²) in [6, 6.07) is 6.19. The van der Waals surface area contributed by atoms with E-state index in [0.717, 1.165) is 16.9 Å². The molecule has 0 radical (unpaired) electrons. The van der Waals surface area contributed by atoms with Crippen molar-refractivity contribution in [3.05, 3.63) is 29.3 Å². The molecule has 4 nitrogen and oxygen atoms in total. The monoisotopic (exact) mass is 293 g/mol. The van der Waals surface area contributed by atoms with Gasteiger partial charge >= 0.3 is 5.97 Å². The molecular formula is C17H27NO3. The summed E-state index contributed by atoms with van der Waals surface area (Å²) in [5, 5.41) is 3.25. The molecule has 0 heterocycles. The summed E-state index contributed by atoms with van der Waals surface area (Å²) < 4.78 is 11.1.